The van der Waals surface area contributed by atoms with E-state index in [1.165, 1.54) is 5.56 Å². The van der Waals surface area contributed by atoms with Gasteiger partial charge in [-0.15, -0.1) is 0 Å². The first-order valence-corrected chi connectivity index (χ1v) is 6.62. The Balaban J connectivity index is 3.07. The number of anilines is 1. The van der Waals surface area contributed by atoms with Crippen LogP contribution in [0.2, 0.25) is 0 Å². The highest BCUT2D eigenvalue weighted by atomic mass is 16.5. The van der Waals surface area contributed by atoms with Gasteiger partial charge in [-0.25, -0.2) is 0 Å². The van der Waals surface area contributed by atoms with Gasteiger partial charge in [0.25, 0.3) is 0 Å². The molecule has 1 rings (SSSR count). The molecule has 1 atom stereocenters. The summed E-state index contributed by atoms with van der Waals surface area (Å²) in [6.45, 7) is 7.30. The van der Waals surface area contributed by atoms with E-state index >= 15 is 0 Å². The summed E-state index contributed by atoms with van der Waals surface area (Å²) in [6.07, 6.45) is 0.978. The molecule has 0 saturated heterocycles. The molecule has 0 aliphatic heterocycles. The lowest BCUT2D eigenvalue weighted by molar-refractivity contribution is 0.413. The monoisotopic (exact) mass is 250 g/mol. The minimum absolute atomic E-state index is 0.409. The van der Waals surface area contributed by atoms with Crippen molar-refractivity contribution in [1.29, 1.82) is 0 Å². The van der Waals surface area contributed by atoms with E-state index in [1.54, 1.807) is 7.11 Å². The predicted octanol–water partition coefficient (Wildman–Crippen LogP) is 2.99. The van der Waals surface area contributed by atoms with Gasteiger partial charge >= 0.3 is 0 Å². The first-order valence-electron chi connectivity index (χ1n) is 6.62. The van der Waals surface area contributed by atoms with Gasteiger partial charge in [0.15, 0.2) is 0 Å². The second-order valence-electron chi connectivity index (χ2n) is 5.12. The average Bonchev–Trinajstić information content (AvgIpc) is 2.37. The molecule has 0 amide bonds. The lowest BCUT2D eigenvalue weighted by atomic mass is 10.0. The lowest BCUT2D eigenvalue weighted by Gasteiger charge is -2.29. The van der Waals surface area contributed by atoms with Crippen LogP contribution in [-0.2, 0) is 0 Å². The molecule has 102 valence electrons. The van der Waals surface area contributed by atoms with E-state index in [4.69, 9.17) is 10.5 Å². The Morgan fingerprint density at radius 2 is 1.94 bits per heavy atom. The summed E-state index contributed by atoms with van der Waals surface area (Å²) in [7, 11) is 3.82. The molecule has 1 aromatic carbocycles. The molecule has 0 heterocycles. The number of rotatable bonds is 6. The van der Waals surface area contributed by atoms with E-state index < -0.39 is 0 Å². The first kappa shape index (κ1) is 14.8. The highest BCUT2D eigenvalue weighted by Gasteiger charge is 2.15. The van der Waals surface area contributed by atoms with E-state index in [-0.39, 0.29) is 0 Å². The summed E-state index contributed by atoms with van der Waals surface area (Å²) in [5, 5.41) is 0. The fourth-order valence-corrected chi connectivity index (χ4v) is 2.01. The Hall–Kier alpha value is -1.22. The minimum Gasteiger partial charge on any atom is -0.495 e. The van der Waals surface area contributed by atoms with Crippen LogP contribution in [0.25, 0.3) is 0 Å². The van der Waals surface area contributed by atoms with E-state index in [1.807, 2.05) is 0 Å². The summed E-state index contributed by atoms with van der Waals surface area (Å²) < 4.78 is 5.46. The van der Waals surface area contributed by atoms with Crippen molar-refractivity contribution in [2.45, 2.75) is 39.2 Å². The van der Waals surface area contributed by atoms with Gasteiger partial charge in [0.1, 0.15) is 5.75 Å². The maximum atomic E-state index is 5.64. The molecule has 0 aliphatic carbocycles. The van der Waals surface area contributed by atoms with E-state index in [2.05, 4.69) is 50.9 Å². The molecule has 3 nitrogen and oxygen atoms in total. The molecule has 1 aromatic rings. The highest BCUT2D eigenvalue weighted by molar-refractivity contribution is 5.60. The van der Waals surface area contributed by atoms with Gasteiger partial charge in [-0.2, -0.15) is 0 Å². The predicted molar refractivity (Wildman–Crippen MR) is 78.6 cm³/mol. The summed E-state index contributed by atoms with van der Waals surface area (Å²) >= 11 is 0. The molecule has 18 heavy (non-hydrogen) atoms. The highest BCUT2D eigenvalue weighted by Crippen LogP contribution is 2.32. The van der Waals surface area contributed by atoms with Gasteiger partial charge in [-0.1, -0.05) is 19.9 Å². The van der Waals surface area contributed by atoms with Crippen molar-refractivity contribution in [1.82, 2.24) is 0 Å². The molecule has 2 N–H and O–H groups in total. The smallest absolute Gasteiger partial charge is 0.142 e. The van der Waals surface area contributed by atoms with Crippen LogP contribution in [0.3, 0.4) is 0 Å². The Morgan fingerprint density at radius 3 is 2.44 bits per heavy atom. The number of ether oxygens (including phenoxy) is 1. The zero-order valence-corrected chi connectivity index (χ0v) is 12.2. The van der Waals surface area contributed by atoms with Crippen LogP contribution in [-0.4, -0.2) is 26.7 Å². The Bertz CT molecular complexity index is 377. The third-order valence-electron chi connectivity index (χ3n) is 3.50. The second kappa shape index (κ2) is 6.64. The number of methoxy groups -OCH3 is 1. The molecule has 0 radical (unpaired) electrons. The Labute approximate surface area is 111 Å². The quantitative estimate of drug-likeness (QED) is 0.843. The molecular formula is C15H26N2O. The summed E-state index contributed by atoms with van der Waals surface area (Å²) in [6, 6.07) is 6.81. The molecule has 0 aliphatic rings. The van der Waals surface area contributed by atoms with Crippen LogP contribution in [0.4, 0.5) is 5.69 Å². The van der Waals surface area contributed by atoms with Crippen molar-refractivity contribution in [3.63, 3.8) is 0 Å². The molecule has 1 unspecified atom stereocenters. The van der Waals surface area contributed by atoms with Crippen molar-refractivity contribution in [3.05, 3.63) is 23.8 Å². The Morgan fingerprint density at radius 1 is 1.28 bits per heavy atom. The molecule has 3 heteroatoms. The third kappa shape index (κ3) is 3.39. The van der Waals surface area contributed by atoms with Crippen molar-refractivity contribution in [2.24, 2.45) is 5.73 Å². The summed E-state index contributed by atoms with van der Waals surface area (Å²) in [4.78, 5) is 2.25. The molecule has 0 saturated carbocycles. The summed E-state index contributed by atoms with van der Waals surface area (Å²) in [5.41, 5.74) is 8.11. The topological polar surface area (TPSA) is 38.5 Å². The lowest BCUT2D eigenvalue weighted by Crippen LogP contribution is -2.31. The van der Waals surface area contributed by atoms with Crippen LogP contribution < -0.4 is 15.4 Å². The van der Waals surface area contributed by atoms with Gasteiger partial charge in [0.05, 0.1) is 12.8 Å². The van der Waals surface area contributed by atoms with Crippen LogP contribution in [0.5, 0.6) is 5.75 Å². The van der Waals surface area contributed by atoms with Crippen LogP contribution in [0, 0.1) is 0 Å². The van der Waals surface area contributed by atoms with Gasteiger partial charge in [0.2, 0.25) is 0 Å². The largest absolute Gasteiger partial charge is 0.495 e. The Kier molecular flexibility index (Phi) is 5.48. The number of hydrogen-bond acceptors (Lipinski definition) is 3. The van der Waals surface area contributed by atoms with Gasteiger partial charge < -0.3 is 15.4 Å². The van der Waals surface area contributed by atoms with E-state index in [9.17, 15) is 0 Å². The van der Waals surface area contributed by atoms with E-state index in [0.717, 1.165) is 17.9 Å². The second-order valence-corrected chi connectivity index (χ2v) is 5.12. The average molecular weight is 250 g/mol. The maximum absolute atomic E-state index is 5.64. The number of nitrogens with zero attached hydrogens (tertiary/aromatic N) is 1. The normalized spacial score (nSPS) is 12.6. The van der Waals surface area contributed by atoms with E-state index in [0.29, 0.717) is 18.5 Å². The number of benzene rings is 1. The third-order valence-corrected chi connectivity index (χ3v) is 3.50. The van der Waals surface area contributed by atoms with Crippen molar-refractivity contribution >= 4 is 5.69 Å². The van der Waals surface area contributed by atoms with Crippen molar-refractivity contribution in [2.75, 3.05) is 25.6 Å². The van der Waals surface area contributed by atoms with Crippen LogP contribution >= 0.6 is 0 Å². The van der Waals surface area contributed by atoms with Gasteiger partial charge in [-0.05, 0) is 43.5 Å². The molecular weight excluding hydrogens is 224 g/mol. The molecule has 0 fully saturated rings. The minimum atomic E-state index is 0.409. The van der Waals surface area contributed by atoms with Crippen LogP contribution in [0.15, 0.2) is 18.2 Å². The maximum Gasteiger partial charge on any atom is 0.142 e. The zero-order valence-electron chi connectivity index (χ0n) is 12.2. The number of nitrogens with two attached hydrogens (primary N) is 1. The SMILES string of the molecule is COc1ccc(C(C)C)cc1N(C)C(C)CCN. The molecule has 0 bridgehead atoms. The fraction of sp³-hybridized carbons (Fsp3) is 0.600. The van der Waals surface area contributed by atoms with Gasteiger partial charge in [0, 0.05) is 13.1 Å². The number of hydrogen-bond donors (Lipinski definition) is 1. The van der Waals surface area contributed by atoms with Crippen molar-refractivity contribution in [3.8, 4) is 5.75 Å². The van der Waals surface area contributed by atoms with Gasteiger partial charge in [-0.3, -0.25) is 0 Å². The van der Waals surface area contributed by atoms with Crippen molar-refractivity contribution < 1.29 is 4.74 Å². The zero-order chi connectivity index (χ0) is 13.7. The molecule has 0 aromatic heterocycles. The van der Waals surface area contributed by atoms with Crippen LogP contribution in [0.1, 0.15) is 38.7 Å². The standard InChI is InChI=1S/C15H26N2O/c1-11(2)13-6-7-15(18-5)14(10-13)17(4)12(3)8-9-16/h6-7,10-12H,8-9,16H2,1-5H3. The summed E-state index contributed by atoms with van der Waals surface area (Å²) in [5.74, 6) is 1.44. The molecule has 0 spiro atoms. The first-order chi connectivity index (χ1) is 8.51. The fourth-order valence-electron chi connectivity index (χ4n) is 2.01.